The van der Waals surface area contributed by atoms with Crippen molar-refractivity contribution >= 4 is 5.91 Å². The molecular weight excluding hydrogens is 282 g/mol. The summed E-state index contributed by atoms with van der Waals surface area (Å²) in [6.45, 7) is 5.80. The lowest BCUT2D eigenvalue weighted by Crippen LogP contribution is -2.49. The fourth-order valence-corrected chi connectivity index (χ4v) is 2.47. The monoisotopic (exact) mass is 301 g/mol. The third-order valence-electron chi connectivity index (χ3n) is 3.86. The van der Waals surface area contributed by atoms with Gasteiger partial charge in [-0.05, 0) is 22.9 Å². The zero-order chi connectivity index (χ0) is 15.6. The maximum Gasteiger partial charge on any atom is 0.249 e. The number of hydrogen-bond acceptors (Lipinski definition) is 5. The average molecular weight is 301 g/mol. The highest BCUT2D eigenvalue weighted by atomic mass is 16.5. The van der Waals surface area contributed by atoms with Gasteiger partial charge in [-0.3, -0.25) is 4.79 Å². The van der Waals surface area contributed by atoms with Gasteiger partial charge in [0.25, 0.3) is 0 Å². The molecule has 1 aliphatic heterocycles. The standard InChI is InChI=1S/C15H19N5O2/c1-11-17-18-19-20(11)13(12-6-4-3-5-7-12)14(21)16-8-15(2)9-22-10-15/h3-7,13H,8-10H2,1-2H3,(H,16,21)/t13-/m1/s1. The quantitative estimate of drug-likeness (QED) is 0.880. The van der Waals surface area contributed by atoms with Gasteiger partial charge in [-0.15, -0.1) is 5.10 Å². The highest BCUT2D eigenvalue weighted by Gasteiger charge is 2.35. The topological polar surface area (TPSA) is 81.9 Å². The fraction of sp³-hybridized carbons (Fsp3) is 0.467. The number of nitrogens with zero attached hydrogens (tertiary/aromatic N) is 4. The van der Waals surface area contributed by atoms with Crippen LogP contribution in [0.15, 0.2) is 30.3 Å². The molecule has 7 heteroatoms. The van der Waals surface area contributed by atoms with Crippen LogP contribution >= 0.6 is 0 Å². The Kier molecular flexibility index (Phi) is 3.89. The molecule has 1 aliphatic rings. The van der Waals surface area contributed by atoms with Crippen LogP contribution in [0.3, 0.4) is 0 Å². The molecule has 0 saturated carbocycles. The summed E-state index contributed by atoms with van der Waals surface area (Å²) < 4.78 is 6.76. The maximum absolute atomic E-state index is 12.7. The van der Waals surface area contributed by atoms with Crippen molar-refractivity contribution in [2.75, 3.05) is 19.8 Å². The van der Waals surface area contributed by atoms with E-state index in [1.54, 1.807) is 11.6 Å². The summed E-state index contributed by atoms with van der Waals surface area (Å²) in [4.78, 5) is 12.7. The van der Waals surface area contributed by atoms with E-state index in [0.717, 1.165) is 5.56 Å². The number of aromatic nitrogens is 4. The van der Waals surface area contributed by atoms with Gasteiger partial charge in [-0.25, -0.2) is 4.68 Å². The third kappa shape index (κ3) is 2.85. The molecule has 116 valence electrons. The van der Waals surface area contributed by atoms with E-state index < -0.39 is 6.04 Å². The summed E-state index contributed by atoms with van der Waals surface area (Å²) >= 11 is 0. The normalized spacial score (nSPS) is 17.5. The Morgan fingerprint density at radius 1 is 1.41 bits per heavy atom. The van der Waals surface area contributed by atoms with Crippen molar-refractivity contribution in [2.24, 2.45) is 5.41 Å². The first-order valence-electron chi connectivity index (χ1n) is 7.24. The van der Waals surface area contributed by atoms with Gasteiger partial charge < -0.3 is 10.1 Å². The Balaban J connectivity index is 1.82. The number of ether oxygens (including phenoxy) is 1. The lowest BCUT2D eigenvalue weighted by molar-refractivity contribution is -0.129. The number of benzene rings is 1. The number of hydrogen-bond donors (Lipinski definition) is 1. The number of rotatable bonds is 5. The molecule has 0 bridgehead atoms. The molecule has 0 spiro atoms. The molecule has 1 saturated heterocycles. The molecule has 1 atom stereocenters. The Hall–Kier alpha value is -2.28. The molecule has 7 nitrogen and oxygen atoms in total. The van der Waals surface area contributed by atoms with Crippen LogP contribution in [-0.2, 0) is 9.53 Å². The largest absolute Gasteiger partial charge is 0.380 e. The smallest absolute Gasteiger partial charge is 0.249 e. The minimum absolute atomic E-state index is 0.0204. The molecule has 0 radical (unpaired) electrons. The van der Waals surface area contributed by atoms with E-state index in [1.165, 1.54) is 0 Å². The first-order chi connectivity index (χ1) is 10.6. The summed E-state index contributed by atoms with van der Waals surface area (Å²) in [6, 6.07) is 8.95. The van der Waals surface area contributed by atoms with Crippen LogP contribution in [0.25, 0.3) is 0 Å². The second-order valence-electron chi connectivity index (χ2n) is 6.01. The Morgan fingerprint density at radius 2 is 2.14 bits per heavy atom. The molecule has 1 N–H and O–H groups in total. The molecule has 1 aromatic carbocycles. The third-order valence-corrected chi connectivity index (χ3v) is 3.86. The van der Waals surface area contributed by atoms with Crippen LogP contribution in [-0.4, -0.2) is 45.9 Å². The summed E-state index contributed by atoms with van der Waals surface area (Å²) in [6.07, 6.45) is 0. The number of nitrogens with one attached hydrogen (secondary N) is 1. The number of amides is 1. The van der Waals surface area contributed by atoms with Crippen molar-refractivity contribution in [2.45, 2.75) is 19.9 Å². The van der Waals surface area contributed by atoms with Crippen molar-refractivity contribution in [3.63, 3.8) is 0 Å². The first kappa shape index (κ1) is 14.6. The van der Waals surface area contributed by atoms with Gasteiger partial charge in [0.15, 0.2) is 6.04 Å². The Bertz CT molecular complexity index is 651. The molecule has 2 heterocycles. The zero-order valence-corrected chi connectivity index (χ0v) is 12.7. The average Bonchev–Trinajstić information content (AvgIpc) is 2.91. The predicted molar refractivity (Wildman–Crippen MR) is 79.1 cm³/mol. The number of aryl methyl sites for hydroxylation is 1. The Labute approximate surface area is 128 Å². The first-order valence-corrected chi connectivity index (χ1v) is 7.24. The highest BCUT2D eigenvalue weighted by molar-refractivity contribution is 5.83. The minimum atomic E-state index is -0.569. The van der Waals surface area contributed by atoms with E-state index in [1.807, 2.05) is 30.3 Å². The SMILES string of the molecule is Cc1nnnn1[C@@H](C(=O)NCC1(C)COC1)c1ccccc1. The van der Waals surface area contributed by atoms with E-state index in [-0.39, 0.29) is 11.3 Å². The van der Waals surface area contributed by atoms with E-state index >= 15 is 0 Å². The molecule has 22 heavy (non-hydrogen) atoms. The summed E-state index contributed by atoms with van der Waals surface area (Å²) in [5.41, 5.74) is 0.873. The van der Waals surface area contributed by atoms with Crippen LogP contribution in [0.2, 0.25) is 0 Å². The van der Waals surface area contributed by atoms with Crippen LogP contribution in [0, 0.1) is 12.3 Å². The van der Waals surface area contributed by atoms with Gasteiger partial charge in [0.1, 0.15) is 5.82 Å². The highest BCUT2D eigenvalue weighted by Crippen LogP contribution is 2.26. The maximum atomic E-state index is 12.7. The molecule has 3 rings (SSSR count). The van der Waals surface area contributed by atoms with Crippen LogP contribution in [0.4, 0.5) is 0 Å². The van der Waals surface area contributed by atoms with Crippen molar-refractivity contribution in [3.05, 3.63) is 41.7 Å². The summed E-state index contributed by atoms with van der Waals surface area (Å²) in [5, 5.41) is 14.5. The predicted octanol–water partition coefficient (Wildman–Crippen LogP) is 0.724. The minimum Gasteiger partial charge on any atom is -0.380 e. The van der Waals surface area contributed by atoms with Crippen molar-refractivity contribution in [1.82, 2.24) is 25.5 Å². The second kappa shape index (κ2) is 5.84. The van der Waals surface area contributed by atoms with Crippen molar-refractivity contribution < 1.29 is 9.53 Å². The van der Waals surface area contributed by atoms with E-state index in [2.05, 4.69) is 27.8 Å². The van der Waals surface area contributed by atoms with Gasteiger partial charge in [-0.2, -0.15) is 0 Å². The fourth-order valence-electron chi connectivity index (χ4n) is 2.47. The summed E-state index contributed by atoms with van der Waals surface area (Å²) in [7, 11) is 0. The van der Waals surface area contributed by atoms with Crippen molar-refractivity contribution in [3.8, 4) is 0 Å². The second-order valence-corrected chi connectivity index (χ2v) is 6.01. The van der Waals surface area contributed by atoms with E-state index in [4.69, 9.17) is 4.74 Å². The lowest BCUT2D eigenvalue weighted by Gasteiger charge is -2.38. The van der Waals surface area contributed by atoms with Crippen molar-refractivity contribution in [1.29, 1.82) is 0 Å². The van der Waals surface area contributed by atoms with E-state index in [9.17, 15) is 4.79 Å². The molecule has 0 aliphatic carbocycles. The van der Waals surface area contributed by atoms with Crippen LogP contribution < -0.4 is 5.32 Å². The molecule has 1 fully saturated rings. The van der Waals surface area contributed by atoms with Crippen LogP contribution in [0.5, 0.6) is 0 Å². The molecule has 1 amide bonds. The molecule has 2 aromatic rings. The molecule has 1 aromatic heterocycles. The van der Waals surface area contributed by atoms with Gasteiger partial charge in [0.2, 0.25) is 5.91 Å². The van der Waals surface area contributed by atoms with Gasteiger partial charge >= 0.3 is 0 Å². The van der Waals surface area contributed by atoms with Gasteiger partial charge in [-0.1, -0.05) is 37.3 Å². The Morgan fingerprint density at radius 3 is 2.68 bits per heavy atom. The lowest BCUT2D eigenvalue weighted by atomic mass is 9.88. The molecular formula is C15H19N5O2. The number of carbonyl (C=O) groups excluding carboxylic acids is 1. The van der Waals surface area contributed by atoms with Gasteiger partial charge in [0.05, 0.1) is 13.2 Å². The van der Waals surface area contributed by atoms with E-state index in [0.29, 0.717) is 25.6 Å². The number of tetrazole rings is 1. The summed E-state index contributed by atoms with van der Waals surface area (Å²) in [5.74, 6) is 0.483. The van der Waals surface area contributed by atoms with Crippen LogP contribution in [0.1, 0.15) is 24.4 Å². The zero-order valence-electron chi connectivity index (χ0n) is 12.7. The molecule has 0 unspecified atom stereocenters. The van der Waals surface area contributed by atoms with Gasteiger partial charge in [0, 0.05) is 12.0 Å². The number of carbonyl (C=O) groups is 1.